The van der Waals surface area contributed by atoms with Gasteiger partial charge < -0.3 is 10.3 Å². The van der Waals surface area contributed by atoms with E-state index in [-0.39, 0.29) is 5.56 Å². The van der Waals surface area contributed by atoms with Crippen molar-refractivity contribution < 1.29 is 0 Å². The molecule has 6 heteroatoms. The van der Waals surface area contributed by atoms with E-state index in [4.69, 9.17) is 4.98 Å². The van der Waals surface area contributed by atoms with E-state index in [0.717, 1.165) is 62.5 Å². The van der Waals surface area contributed by atoms with Gasteiger partial charge in [0.1, 0.15) is 5.82 Å². The standard InChI is InChI=1S/C18H24N4OS/c1-12-8-13(11-24-12)9-22-7-4-16-15(10-22)18(23)21-17(20-16)14-2-5-19-6-3-14/h8,11,14,19H,2-7,9-10H2,1H3,(H,20,21,23). The lowest BCUT2D eigenvalue weighted by Crippen LogP contribution is -2.36. The van der Waals surface area contributed by atoms with Crippen LogP contribution in [0.4, 0.5) is 0 Å². The summed E-state index contributed by atoms with van der Waals surface area (Å²) >= 11 is 1.79. The van der Waals surface area contributed by atoms with Gasteiger partial charge in [-0.1, -0.05) is 0 Å². The molecule has 0 bridgehead atoms. The first-order valence-corrected chi connectivity index (χ1v) is 9.66. The second kappa shape index (κ2) is 6.78. The summed E-state index contributed by atoms with van der Waals surface area (Å²) in [5, 5.41) is 5.58. The third kappa shape index (κ3) is 3.31. The summed E-state index contributed by atoms with van der Waals surface area (Å²) in [5.41, 5.74) is 3.30. The number of aromatic amines is 1. The summed E-state index contributed by atoms with van der Waals surface area (Å²) in [6.45, 7) is 6.76. The molecule has 1 saturated heterocycles. The molecule has 1 fully saturated rings. The molecule has 4 heterocycles. The molecule has 0 radical (unpaired) electrons. The van der Waals surface area contributed by atoms with Crippen LogP contribution in [0.15, 0.2) is 16.2 Å². The Balaban J connectivity index is 1.52. The SMILES string of the molecule is Cc1cc(CN2CCc3nc(C4CCNCC4)[nH]c(=O)c3C2)cs1. The van der Waals surface area contributed by atoms with Crippen LogP contribution in [0.3, 0.4) is 0 Å². The van der Waals surface area contributed by atoms with Gasteiger partial charge in [0.15, 0.2) is 0 Å². The van der Waals surface area contributed by atoms with Gasteiger partial charge in [-0.3, -0.25) is 9.69 Å². The van der Waals surface area contributed by atoms with Crippen LogP contribution in [0.5, 0.6) is 0 Å². The molecular formula is C18H24N4OS. The van der Waals surface area contributed by atoms with Crippen molar-refractivity contribution in [1.29, 1.82) is 0 Å². The number of rotatable bonds is 3. The molecule has 128 valence electrons. The first-order chi connectivity index (χ1) is 11.7. The number of nitrogens with one attached hydrogen (secondary N) is 2. The number of piperidine rings is 1. The maximum absolute atomic E-state index is 12.6. The normalized spacial score (nSPS) is 19.4. The van der Waals surface area contributed by atoms with Crippen molar-refractivity contribution in [3.63, 3.8) is 0 Å². The zero-order valence-electron chi connectivity index (χ0n) is 14.1. The van der Waals surface area contributed by atoms with Crippen molar-refractivity contribution in [3.8, 4) is 0 Å². The summed E-state index contributed by atoms with van der Waals surface area (Å²) < 4.78 is 0. The van der Waals surface area contributed by atoms with E-state index in [1.165, 1.54) is 10.4 Å². The number of nitrogens with zero attached hydrogens (tertiary/aromatic N) is 2. The molecule has 0 spiro atoms. The molecular weight excluding hydrogens is 320 g/mol. The largest absolute Gasteiger partial charge is 0.317 e. The highest BCUT2D eigenvalue weighted by molar-refractivity contribution is 7.10. The van der Waals surface area contributed by atoms with E-state index >= 15 is 0 Å². The Morgan fingerprint density at radius 2 is 2.21 bits per heavy atom. The molecule has 0 saturated carbocycles. The average Bonchev–Trinajstić information content (AvgIpc) is 3.01. The van der Waals surface area contributed by atoms with E-state index in [1.807, 2.05) is 0 Å². The number of aryl methyl sites for hydroxylation is 1. The molecule has 24 heavy (non-hydrogen) atoms. The van der Waals surface area contributed by atoms with Gasteiger partial charge in [0.05, 0.1) is 11.3 Å². The lowest BCUT2D eigenvalue weighted by atomic mass is 9.96. The highest BCUT2D eigenvalue weighted by Gasteiger charge is 2.24. The van der Waals surface area contributed by atoms with Crippen molar-refractivity contribution in [3.05, 3.63) is 49.3 Å². The number of H-pyrrole nitrogens is 1. The topological polar surface area (TPSA) is 61.0 Å². The van der Waals surface area contributed by atoms with Crippen LogP contribution < -0.4 is 10.9 Å². The third-order valence-electron chi connectivity index (χ3n) is 5.08. The molecule has 2 N–H and O–H groups in total. The molecule has 2 aromatic rings. The van der Waals surface area contributed by atoms with E-state index in [9.17, 15) is 4.79 Å². The summed E-state index contributed by atoms with van der Waals surface area (Å²) in [4.78, 5) is 24.2. The smallest absolute Gasteiger partial charge is 0.255 e. The Hall–Kier alpha value is -1.50. The number of hydrogen-bond donors (Lipinski definition) is 2. The number of fused-ring (bicyclic) bond motifs is 1. The Morgan fingerprint density at radius 3 is 2.96 bits per heavy atom. The lowest BCUT2D eigenvalue weighted by Gasteiger charge is -2.28. The van der Waals surface area contributed by atoms with Crippen molar-refractivity contribution in [2.75, 3.05) is 19.6 Å². The molecule has 2 aliphatic heterocycles. The van der Waals surface area contributed by atoms with Crippen molar-refractivity contribution >= 4 is 11.3 Å². The molecule has 4 rings (SSSR count). The van der Waals surface area contributed by atoms with Crippen LogP contribution in [0.25, 0.3) is 0 Å². The summed E-state index contributed by atoms with van der Waals surface area (Å²) in [6, 6.07) is 2.24. The van der Waals surface area contributed by atoms with Crippen LogP contribution in [0.2, 0.25) is 0 Å². The molecule has 0 aromatic carbocycles. The van der Waals surface area contributed by atoms with Crippen LogP contribution in [-0.2, 0) is 19.5 Å². The van der Waals surface area contributed by atoms with Crippen LogP contribution in [0.1, 0.15) is 46.3 Å². The molecule has 0 aliphatic carbocycles. The Kier molecular flexibility index (Phi) is 4.52. The Morgan fingerprint density at radius 1 is 1.38 bits per heavy atom. The fourth-order valence-electron chi connectivity index (χ4n) is 3.76. The summed E-state index contributed by atoms with van der Waals surface area (Å²) in [5.74, 6) is 1.30. The fraction of sp³-hybridized carbons (Fsp3) is 0.556. The van der Waals surface area contributed by atoms with Gasteiger partial charge in [-0.15, -0.1) is 11.3 Å². The molecule has 0 atom stereocenters. The number of thiophene rings is 1. The zero-order valence-corrected chi connectivity index (χ0v) is 14.9. The maximum Gasteiger partial charge on any atom is 0.255 e. The van der Waals surface area contributed by atoms with Gasteiger partial charge in [0.25, 0.3) is 5.56 Å². The monoisotopic (exact) mass is 344 g/mol. The van der Waals surface area contributed by atoms with Gasteiger partial charge in [-0.25, -0.2) is 4.98 Å². The molecule has 0 unspecified atom stereocenters. The van der Waals surface area contributed by atoms with Crippen molar-refractivity contribution in [2.24, 2.45) is 0 Å². The van der Waals surface area contributed by atoms with E-state index < -0.39 is 0 Å². The van der Waals surface area contributed by atoms with Gasteiger partial charge in [-0.2, -0.15) is 0 Å². The zero-order chi connectivity index (χ0) is 16.5. The number of aromatic nitrogens is 2. The average molecular weight is 344 g/mol. The quantitative estimate of drug-likeness (QED) is 0.896. The minimum atomic E-state index is 0.0692. The van der Waals surface area contributed by atoms with E-state index in [2.05, 4.69) is 33.6 Å². The molecule has 2 aromatic heterocycles. The van der Waals surface area contributed by atoms with E-state index in [1.54, 1.807) is 11.3 Å². The number of hydrogen-bond acceptors (Lipinski definition) is 5. The minimum Gasteiger partial charge on any atom is -0.317 e. The fourth-order valence-corrected chi connectivity index (χ4v) is 4.46. The predicted octanol–water partition coefficient (Wildman–Crippen LogP) is 2.17. The van der Waals surface area contributed by atoms with Gasteiger partial charge in [-0.05, 0) is 49.9 Å². The highest BCUT2D eigenvalue weighted by atomic mass is 32.1. The van der Waals surface area contributed by atoms with Gasteiger partial charge in [0.2, 0.25) is 0 Å². The van der Waals surface area contributed by atoms with Crippen LogP contribution in [-0.4, -0.2) is 34.5 Å². The lowest BCUT2D eigenvalue weighted by molar-refractivity contribution is 0.241. The highest BCUT2D eigenvalue weighted by Crippen LogP contribution is 2.24. The van der Waals surface area contributed by atoms with Crippen molar-refractivity contribution in [2.45, 2.75) is 45.2 Å². The molecule has 2 aliphatic rings. The Labute approximate surface area is 146 Å². The Bertz CT molecular complexity index is 776. The third-order valence-corrected chi connectivity index (χ3v) is 5.99. The predicted molar refractivity (Wildman–Crippen MR) is 96.6 cm³/mol. The summed E-state index contributed by atoms with van der Waals surface area (Å²) in [6.07, 6.45) is 3.00. The van der Waals surface area contributed by atoms with Gasteiger partial charge >= 0.3 is 0 Å². The minimum absolute atomic E-state index is 0.0692. The van der Waals surface area contributed by atoms with E-state index in [0.29, 0.717) is 12.5 Å². The first-order valence-electron chi connectivity index (χ1n) is 8.78. The first kappa shape index (κ1) is 16.0. The van der Waals surface area contributed by atoms with Crippen molar-refractivity contribution in [1.82, 2.24) is 20.2 Å². The van der Waals surface area contributed by atoms with Gasteiger partial charge in [0, 0.05) is 36.9 Å². The molecule has 0 amide bonds. The molecule has 5 nitrogen and oxygen atoms in total. The second-order valence-corrected chi connectivity index (χ2v) is 8.04. The van der Waals surface area contributed by atoms with Crippen LogP contribution >= 0.6 is 11.3 Å². The van der Waals surface area contributed by atoms with Crippen LogP contribution in [0, 0.1) is 6.92 Å². The maximum atomic E-state index is 12.6. The second-order valence-electron chi connectivity index (χ2n) is 6.93. The summed E-state index contributed by atoms with van der Waals surface area (Å²) in [7, 11) is 0.